The highest BCUT2D eigenvalue weighted by Gasteiger charge is 2.15. The first kappa shape index (κ1) is 13.8. The van der Waals surface area contributed by atoms with E-state index in [2.05, 4.69) is 29.4 Å². The summed E-state index contributed by atoms with van der Waals surface area (Å²) in [5, 5.41) is 9.08. The Labute approximate surface area is 128 Å². The van der Waals surface area contributed by atoms with Crippen LogP contribution in [-0.4, -0.2) is 15.0 Å². The van der Waals surface area contributed by atoms with E-state index in [1.807, 2.05) is 36.4 Å². The SMILES string of the molecule is Cc1cccc(-c2c(CN)nnn2-c2cccc(Cl)c2)c1. The molecule has 3 aromatic rings. The van der Waals surface area contributed by atoms with E-state index in [4.69, 9.17) is 17.3 Å². The van der Waals surface area contributed by atoms with Gasteiger partial charge in [-0.05, 0) is 31.2 Å². The summed E-state index contributed by atoms with van der Waals surface area (Å²) in [4.78, 5) is 0. The van der Waals surface area contributed by atoms with Gasteiger partial charge in [-0.15, -0.1) is 5.10 Å². The van der Waals surface area contributed by atoms with Gasteiger partial charge >= 0.3 is 0 Å². The normalized spacial score (nSPS) is 10.8. The van der Waals surface area contributed by atoms with Crippen molar-refractivity contribution in [2.24, 2.45) is 5.73 Å². The van der Waals surface area contributed by atoms with Crippen molar-refractivity contribution in [2.45, 2.75) is 13.5 Å². The molecule has 0 fully saturated rings. The van der Waals surface area contributed by atoms with Crippen LogP contribution >= 0.6 is 11.6 Å². The summed E-state index contributed by atoms with van der Waals surface area (Å²) in [5.74, 6) is 0. The number of aryl methyl sites for hydroxylation is 1. The van der Waals surface area contributed by atoms with E-state index in [0.29, 0.717) is 11.6 Å². The van der Waals surface area contributed by atoms with Crippen LogP contribution < -0.4 is 5.73 Å². The van der Waals surface area contributed by atoms with Crippen molar-refractivity contribution in [1.29, 1.82) is 0 Å². The lowest BCUT2D eigenvalue weighted by Crippen LogP contribution is -2.02. The summed E-state index contributed by atoms with van der Waals surface area (Å²) in [5.41, 5.74) is 10.6. The quantitative estimate of drug-likeness (QED) is 0.806. The third-order valence-corrected chi connectivity index (χ3v) is 3.51. The molecule has 1 heterocycles. The molecule has 2 N–H and O–H groups in total. The largest absolute Gasteiger partial charge is 0.325 e. The first-order valence-corrected chi connectivity index (χ1v) is 7.04. The molecule has 21 heavy (non-hydrogen) atoms. The van der Waals surface area contributed by atoms with Crippen molar-refractivity contribution >= 4 is 11.6 Å². The minimum atomic E-state index is 0.337. The molecule has 2 aromatic carbocycles. The lowest BCUT2D eigenvalue weighted by atomic mass is 10.1. The fourth-order valence-electron chi connectivity index (χ4n) is 2.32. The number of nitrogens with zero attached hydrogens (tertiary/aromatic N) is 3. The molecule has 106 valence electrons. The summed E-state index contributed by atoms with van der Waals surface area (Å²) in [7, 11) is 0. The molecule has 0 atom stereocenters. The predicted molar refractivity (Wildman–Crippen MR) is 84.4 cm³/mol. The second kappa shape index (κ2) is 5.68. The van der Waals surface area contributed by atoms with Crippen molar-refractivity contribution in [2.75, 3.05) is 0 Å². The van der Waals surface area contributed by atoms with Crippen molar-refractivity contribution in [3.63, 3.8) is 0 Å². The van der Waals surface area contributed by atoms with Crippen LogP contribution in [0.4, 0.5) is 0 Å². The fourth-order valence-corrected chi connectivity index (χ4v) is 2.50. The van der Waals surface area contributed by atoms with Crippen LogP contribution in [0.5, 0.6) is 0 Å². The summed E-state index contributed by atoms with van der Waals surface area (Å²) in [6.45, 7) is 2.39. The van der Waals surface area contributed by atoms with E-state index in [0.717, 1.165) is 22.6 Å². The van der Waals surface area contributed by atoms with Crippen LogP contribution in [0, 0.1) is 6.92 Å². The van der Waals surface area contributed by atoms with Gasteiger partial charge in [-0.25, -0.2) is 4.68 Å². The minimum Gasteiger partial charge on any atom is -0.325 e. The number of rotatable bonds is 3. The Hall–Kier alpha value is -2.17. The zero-order valence-electron chi connectivity index (χ0n) is 11.6. The molecule has 0 amide bonds. The van der Waals surface area contributed by atoms with Crippen LogP contribution in [0.25, 0.3) is 16.9 Å². The number of benzene rings is 2. The van der Waals surface area contributed by atoms with Crippen molar-refractivity contribution in [3.8, 4) is 16.9 Å². The van der Waals surface area contributed by atoms with Gasteiger partial charge in [0.1, 0.15) is 5.69 Å². The number of halogens is 1. The topological polar surface area (TPSA) is 56.7 Å². The molecule has 0 bridgehead atoms. The molecular formula is C16H15ClN4. The number of hydrogen-bond donors (Lipinski definition) is 1. The summed E-state index contributed by atoms with van der Waals surface area (Å²) in [6, 6.07) is 15.7. The van der Waals surface area contributed by atoms with Crippen molar-refractivity contribution in [3.05, 3.63) is 64.8 Å². The van der Waals surface area contributed by atoms with Gasteiger partial charge < -0.3 is 5.73 Å². The molecule has 0 aliphatic carbocycles. The van der Waals surface area contributed by atoms with Crippen LogP contribution in [-0.2, 0) is 6.54 Å². The third kappa shape index (κ3) is 2.68. The number of aromatic nitrogens is 3. The highest BCUT2D eigenvalue weighted by atomic mass is 35.5. The standard InChI is InChI=1S/C16H15ClN4/c1-11-4-2-5-12(8-11)16-15(10-18)19-20-21(16)14-7-3-6-13(17)9-14/h2-9H,10,18H2,1H3. The Bertz CT molecular complexity index is 779. The predicted octanol–water partition coefficient (Wildman–Crippen LogP) is 3.35. The molecule has 0 spiro atoms. The van der Waals surface area contributed by atoms with Crippen LogP contribution in [0.3, 0.4) is 0 Å². The molecule has 0 aliphatic heterocycles. The maximum Gasteiger partial charge on any atom is 0.105 e. The molecular weight excluding hydrogens is 284 g/mol. The molecule has 0 saturated heterocycles. The van der Waals surface area contributed by atoms with Gasteiger partial charge in [0.25, 0.3) is 0 Å². The molecule has 5 heteroatoms. The van der Waals surface area contributed by atoms with Gasteiger partial charge in [-0.2, -0.15) is 0 Å². The Balaban J connectivity index is 2.21. The second-order valence-electron chi connectivity index (χ2n) is 4.85. The maximum atomic E-state index is 6.07. The fraction of sp³-hybridized carbons (Fsp3) is 0.125. The van der Waals surface area contributed by atoms with Gasteiger partial charge in [0.15, 0.2) is 0 Å². The summed E-state index contributed by atoms with van der Waals surface area (Å²) in [6.07, 6.45) is 0. The Morgan fingerprint density at radius 3 is 2.67 bits per heavy atom. The molecule has 0 radical (unpaired) electrons. The minimum absolute atomic E-state index is 0.337. The van der Waals surface area contributed by atoms with E-state index < -0.39 is 0 Å². The lowest BCUT2D eigenvalue weighted by molar-refractivity contribution is 0.800. The Kier molecular flexibility index (Phi) is 3.73. The molecule has 3 rings (SSSR count). The molecule has 0 unspecified atom stereocenters. The molecule has 0 saturated carbocycles. The van der Waals surface area contributed by atoms with Gasteiger partial charge in [0.2, 0.25) is 0 Å². The van der Waals surface area contributed by atoms with Gasteiger partial charge in [0, 0.05) is 17.1 Å². The van der Waals surface area contributed by atoms with E-state index in [-0.39, 0.29) is 0 Å². The first-order valence-electron chi connectivity index (χ1n) is 6.66. The molecule has 4 nitrogen and oxygen atoms in total. The number of hydrogen-bond acceptors (Lipinski definition) is 3. The highest BCUT2D eigenvalue weighted by molar-refractivity contribution is 6.30. The second-order valence-corrected chi connectivity index (χ2v) is 5.29. The van der Waals surface area contributed by atoms with Crippen molar-refractivity contribution < 1.29 is 0 Å². The van der Waals surface area contributed by atoms with E-state index in [1.165, 1.54) is 5.56 Å². The van der Waals surface area contributed by atoms with E-state index >= 15 is 0 Å². The van der Waals surface area contributed by atoms with E-state index in [1.54, 1.807) is 4.68 Å². The van der Waals surface area contributed by atoms with Gasteiger partial charge in [0.05, 0.1) is 11.4 Å². The smallest absolute Gasteiger partial charge is 0.105 e. The highest BCUT2D eigenvalue weighted by Crippen LogP contribution is 2.26. The van der Waals surface area contributed by atoms with Crippen LogP contribution in [0.1, 0.15) is 11.3 Å². The lowest BCUT2D eigenvalue weighted by Gasteiger charge is -2.09. The Morgan fingerprint density at radius 2 is 1.95 bits per heavy atom. The van der Waals surface area contributed by atoms with Crippen LogP contribution in [0.15, 0.2) is 48.5 Å². The average Bonchev–Trinajstić information content (AvgIpc) is 2.91. The van der Waals surface area contributed by atoms with E-state index in [9.17, 15) is 0 Å². The summed E-state index contributed by atoms with van der Waals surface area (Å²) < 4.78 is 1.78. The van der Waals surface area contributed by atoms with Gasteiger partial charge in [-0.1, -0.05) is 46.6 Å². The zero-order valence-corrected chi connectivity index (χ0v) is 12.4. The van der Waals surface area contributed by atoms with Gasteiger partial charge in [-0.3, -0.25) is 0 Å². The van der Waals surface area contributed by atoms with Crippen LogP contribution in [0.2, 0.25) is 5.02 Å². The monoisotopic (exact) mass is 298 g/mol. The maximum absolute atomic E-state index is 6.07. The van der Waals surface area contributed by atoms with Crippen molar-refractivity contribution in [1.82, 2.24) is 15.0 Å². The number of nitrogens with two attached hydrogens (primary N) is 1. The molecule has 1 aromatic heterocycles. The molecule has 0 aliphatic rings. The Morgan fingerprint density at radius 1 is 1.14 bits per heavy atom. The third-order valence-electron chi connectivity index (χ3n) is 3.28. The summed E-state index contributed by atoms with van der Waals surface area (Å²) >= 11 is 6.07. The zero-order chi connectivity index (χ0) is 14.8. The first-order chi connectivity index (χ1) is 10.2. The average molecular weight is 299 g/mol.